The molecule has 6 nitrogen and oxygen atoms in total. The smallest absolute Gasteiger partial charge is 0.313 e. The van der Waals surface area contributed by atoms with Gasteiger partial charge in [-0.2, -0.15) is 5.26 Å². The maximum absolute atomic E-state index is 12.5. The van der Waals surface area contributed by atoms with Crippen LogP contribution in [0.1, 0.15) is 37.0 Å². The fraction of sp³-hybridized carbons (Fsp3) is 0.444. The van der Waals surface area contributed by atoms with Crippen molar-refractivity contribution < 1.29 is 23.9 Å². The van der Waals surface area contributed by atoms with E-state index in [1.165, 1.54) is 0 Å². The second-order valence-corrected chi connectivity index (χ2v) is 5.51. The van der Waals surface area contributed by atoms with Crippen LogP contribution in [0.4, 0.5) is 0 Å². The number of benzene rings is 1. The van der Waals surface area contributed by atoms with E-state index < -0.39 is 23.9 Å². The summed E-state index contributed by atoms with van der Waals surface area (Å²) < 4.78 is 10.6. The number of nitrogens with zero attached hydrogens (tertiary/aromatic N) is 1. The predicted octanol–water partition coefficient (Wildman–Crippen LogP) is 2.32. The molecule has 0 aliphatic carbocycles. The first-order valence-corrected chi connectivity index (χ1v) is 7.91. The van der Waals surface area contributed by atoms with Crippen molar-refractivity contribution in [2.45, 2.75) is 32.8 Å². The van der Waals surface area contributed by atoms with Crippen LogP contribution in [-0.4, -0.2) is 30.2 Å². The molecule has 0 amide bonds. The van der Waals surface area contributed by atoms with Gasteiger partial charge in [-0.1, -0.05) is 19.1 Å². The molecular formula is C18H19NO5. The minimum atomic E-state index is -1.07. The van der Waals surface area contributed by atoms with Gasteiger partial charge in [0.05, 0.1) is 24.2 Å². The van der Waals surface area contributed by atoms with Gasteiger partial charge in [0.15, 0.2) is 11.6 Å². The lowest BCUT2D eigenvalue weighted by atomic mass is 9.80. The number of esters is 1. The van der Waals surface area contributed by atoms with E-state index in [4.69, 9.17) is 9.47 Å². The molecular weight excluding hydrogens is 310 g/mol. The van der Waals surface area contributed by atoms with Crippen LogP contribution in [0.15, 0.2) is 24.3 Å². The van der Waals surface area contributed by atoms with Gasteiger partial charge >= 0.3 is 5.97 Å². The number of nitriles is 1. The Morgan fingerprint density at radius 3 is 2.67 bits per heavy atom. The Hall–Kier alpha value is -2.68. The third-order valence-corrected chi connectivity index (χ3v) is 4.04. The minimum absolute atomic E-state index is 0.190. The number of rotatable bonds is 6. The summed E-state index contributed by atoms with van der Waals surface area (Å²) in [4.78, 5) is 36.5. The van der Waals surface area contributed by atoms with Crippen LogP contribution in [0.2, 0.25) is 0 Å². The van der Waals surface area contributed by atoms with Crippen molar-refractivity contribution in [1.82, 2.24) is 0 Å². The van der Waals surface area contributed by atoms with Crippen molar-refractivity contribution in [3.63, 3.8) is 0 Å². The van der Waals surface area contributed by atoms with E-state index in [0.29, 0.717) is 17.7 Å². The topological polar surface area (TPSA) is 93.5 Å². The second kappa shape index (κ2) is 7.73. The van der Waals surface area contributed by atoms with Crippen LogP contribution in [-0.2, 0) is 14.3 Å². The van der Waals surface area contributed by atoms with Crippen molar-refractivity contribution in [1.29, 1.82) is 5.26 Å². The predicted molar refractivity (Wildman–Crippen MR) is 84.3 cm³/mol. The fourth-order valence-electron chi connectivity index (χ4n) is 2.88. The quantitative estimate of drug-likeness (QED) is 0.587. The van der Waals surface area contributed by atoms with Gasteiger partial charge in [-0.15, -0.1) is 0 Å². The molecule has 1 aromatic rings. The fourth-order valence-corrected chi connectivity index (χ4v) is 2.88. The molecule has 0 N–H and O–H groups in total. The molecule has 0 radical (unpaired) electrons. The Kier molecular flexibility index (Phi) is 5.69. The molecule has 0 saturated heterocycles. The summed E-state index contributed by atoms with van der Waals surface area (Å²) in [5.74, 6) is -2.79. The number of hydrogen-bond acceptors (Lipinski definition) is 6. The van der Waals surface area contributed by atoms with E-state index in [9.17, 15) is 19.6 Å². The molecule has 3 unspecified atom stereocenters. The lowest BCUT2D eigenvalue weighted by molar-refractivity contribution is -0.147. The highest BCUT2D eigenvalue weighted by atomic mass is 16.5. The van der Waals surface area contributed by atoms with E-state index in [1.807, 2.05) is 6.07 Å². The molecule has 0 spiro atoms. The highest BCUT2D eigenvalue weighted by molar-refractivity contribution is 6.04. The highest BCUT2D eigenvalue weighted by Gasteiger charge is 2.43. The number of carbonyl (C=O) groups excluding carboxylic acids is 3. The average Bonchev–Trinajstić information content (AvgIpc) is 2.56. The van der Waals surface area contributed by atoms with Crippen molar-refractivity contribution in [2.24, 2.45) is 11.8 Å². The normalized spacial score (nSPS) is 20.3. The van der Waals surface area contributed by atoms with Crippen LogP contribution < -0.4 is 4.74 Å². The van der Waals surface area contributed by atoms with Crippen molar-refractivity contribution in [3.8, 4) is 11.8 Å². The minimum Gasteiger partial charge on any atom is -0.487 e. The second-order valence-electron chi connectivity index (χ2n) is 5.51. The number of ether oxygens (including phenoxy) is 2. The molecule has 0 fully saturated rings. The van der Waals surface area contributed by atoms with Crippen LogP contribution in [0, 0.1) is 23.2 Å². The van der Waals surface area contributed by atoms with E-state index in [2.05, 4.69) is 0 Å². The molecule has 1 aliphatic heterocycles. The van der Waals surface area contributed by atoms with E-state index in [0.717, 1.165) is 0 Å². The van der Waals surface area contributed by atoms with Crippen molar-refractivity contribution in [3.05, 3.63) is 29.8 Å². The Morgan fingerprint density at radius 2 is 2.04 bits per heavy atom. The number of Topliss-reactive ketones (excluding diaryl/α,β-unsaturated/α-hetero) is 2. The van der Waals surface area contributed by atoms with Gasteiger partial charge in [0.2, 0.25) is 0 Å². The Morgan fingerprint density at radius 1 is 1.33 bits per heavy atom. The van der Waals surface area contributed by atoms with Gasteiger partial charge in [0, 0.05) is 0 Å². The van der Waals surface area contributed by atoms with Gasteiger partial charge in [-0.3, -0.25) is 14.4 Å². The maximum Gasteiger partial charge on any atom is 0.313 e. The monoisotopic (exact) mass is 329 g/mol. The third kappa shape index (κ3) is 3.46. The molecule has 24 heavy (non-hydrogen) atoms. The number of carbonyl (C=O) groups is 3. The first-order chi connectivity index (χ1) is 11.5. The standard InChI is InChI=1S/C18H19NO5/c1-3-11(14(20)9-16(21)23-4-2)18-13(10-19)17(22)12-7-5-6-8-15(12)24-18/h5-8,11,13,18H,3-4,9H2,1-2H3. The summed E-state index contributed by atoms with van der Waals surface area (Å²) in [6, 6.07) is 8.59. The Labute approximate surface area is 140 Å². The van der Waals surface area contributed by atoms with Crippen LogP contribution in [0.3, 0.4) is 0 Å². The molecule has 1 aliphatic rings. The zero-order valence-electron chi connectivity index (χ0n) is 13.7. The van der Waals surface area contributed by atoms with E-state index >= 15 is 0 Å². The first kappa shape index (κ1) is 17.7. The van der Waals surface area contributed by atoms with Crippen molar-refractivity contribution >= 4 is 17.5 Å². The summed E-state index contributed by atoms with van der Waals surface area (Å²) >= 11 is 0. The molecule has 1 heterocycles. The first-order valence-electron chi connectivity index (χ1n) is 7.91. The number of fused-ring (bicyclic) bond motifs is 1. The molecule has 0 aromatic heterocycles. The van der Waals surface area contributed by atoms with E-state index in [-0.39, 0.29) is 24.6 Å². The van der Waals surface area contributed by atoms with Gasteiger partial charge in [-0.05, 0) is 25.5 Å². The van der Waals surface area contributed by atoms with Gasteiger partial charge in [0.1, 0.15) is 24.2 Å². The SMILES string of the molecule is CCOC(=O)CC(=O)C(CC)C1Oc2ccccc2C(=O)C1C#N. The molecule has 6 heteroatoms. The van der Waals surface area contributed by atoms with Gasteiger partial charge < -0.3 is 9.47 Å². The molecule has 0 saturated carbocycles. The summed E-state index contributed by atoms with van der Waals surface area (Å²) in [6.45, 7) is 3.61. The Bertz CT molecular complexity index is 691. The zero-order valence-corrected chi connectivity index (χ0v) is 13.7. The number of ketones is 2. The summed E-state index contributed by atoms with van der Waals surface area (Å²) in [5, 5.41) is 9.40. The molecule has 1 aromatic carbocycles. The van der Waals surface area contributed by atoms with Crippen molar-refractivity contribution in [2.75, 3.05) is 6.61 Å². The molecule has 0 bridgehead atoms. The summed E-state index contributed by atoms with van der Waals surface area (Å²) in [5.41, 5.74) is 0.341. The number of hydrogen-bond donors (Lipinski definition) is 0. The van der Waals surface area contributed by atoms with Crippen LogP contribution in [0.5, 0.6) is 5.75 Å². The number of para-hydroxylation sites is 1. The van der Waals surface area contributed by atoms with Gasteiger partial charge in [0.25, 0.3) is 0 Å². The maximum atomic E-state index is 12.5. The zero-order chi connectivity index (χ0) is 17.7. The third-order valence-electron chi connectivity index (χ3n) is 4.04. The van der Waals surface area contributed by atoms with Gasteiger partial charge in [-0.25, -0.2) is 0 Å². The lowest BCUT2D eigenvalue weighted by Gasteiger charge is -2.33. The van der Waals surface area contributed by atoms with E-state index in [1.54, 1.807) is 38.1 Å². The average molecular weight is 329 g/mol. The molecule has 3 atom stereocenters. The summed E-state index contributed by atoms with van der Waals surface area (Å²) in [6.07, 6.45) is -0.930. The molecule has 126 valence electrons. The highest BCUT2D eigenvalue weighted by Crippen LogP contribution is 2.35. The largest absolute Gasteiger partial charge is 0.487 e. The Balaban J connectivity index is 2.27. The molecule has 2 rings (SSSR count). The lowest BCUT2D eigenvalue weighted by Crippen LogP contribution is -2.45. The summed E-state index contributed by atoms with van der Waals surface area (Å²) in [7, 11) is 0. The van der Waals surface area contributed by atoms with Crippen LogP contribution in [0.25, 0.3) is 0 Å². The van der Waals surface area contributed by atoms with Crippen LogP contribution >= 0.6 is 0 Å².